The first kappa shape index (κ1) is 13.4. The molecule has 2 aromatic heterocycles. The van der Waals surface area contributed by atoms with E-state index in [4.69, 9.17) is 4.42 Å². The van der Waals surface area contributed by atoms with Crippen LogP contribution in [-0.2, 0) is 13.0 Å². The number of aromatic nitrogens is 1. The summed E-state index contributed by atoms with van der Waals surface area (Å²) in [6.45, 7) is 4.99. The molecule has 0 unspecified atom stereocenters. The molecule has 0 bridgehead atoms. The summed E-state index contributed by atoms with van der Waals surface area (Å²) in [4.78, 5) is 19.8. The molecule has 5 heteroatoms. The van der Waals surface area contributed by atoms with Gasteiger partial charge in [0, 0.05) is 25.6 Å². The van der Waals surface area contributed by atoms with E-state index in [0.29, 0.717) is 6.42 Å². The van der Waals surface area contributed by atoms with E-state index in [1.54, 1.807) is 12.5 Å². The average molecular weight is 290 g/mol. The maximum atomic E-state index is 12.2. The van der Waals surface area contributed by atoms with Gasteiger partial charge in [0.15, 0.2) is 10.9 Å². The summed E-state index contributed by atoms with van der Waals surface area (Å²) in [5.41, 5.74) is 2.09. The summed E-state index contributed by atoms with van der Waals surface area (Å²) < 4.78 is 5.08. The lowest BCUT2D eigenvalue weighted by Gasteiger charge is -2.26. The Bertz CT molecular complexity index is 628. The zero-order valence-electron chi connectivity index (χ0n) is 12.0. The number of fused-ring (bicyclic) bond motifs is 1. The van der Waals surface area contributed by atoms with Crippen LogP contribution in [0, 0.1) is 5.41 Å². The zero-order chi connectivity index (χ0) is 14.3. The number of hydrogen-bond donors (Lipinski definition) is 0. The summed E-state index contributed by atoms with van der Waals surface area (Å²) in [7, 11) is 1.99. The summed E-state index contributed by atoms with van der Waals surface area (Å²) in [6, 6.07) is 1.94. The van der Waals surface area contributed by atoms with Crippen LogP contribution >= 0.6 is 11.3 Å². The van der Waals surface area contributed by atoms with Gasteiger partial charge < -0.3 is 9.32 Å². The molecule has 0 amide bonds. The predicted molar refractivity (Wildman–Crippen MR) is 79.4 cm³/mol. The van der Waals surface area contributed by atoms with Crippen LogP contribution in [0.25, 0.3) is 0 Å². The van der Waals surface area contributed by atoms with Crippen molar-refractivity contribution in [3.8, 4) is 0 Å². The van der Waals surface area contributed by atoms with Gasteiger partial charge in [-0.3, -0.25) is 4.79 Å². The van der Waals surface area contributed by atoms with E-state index in [1.807, 2.05) is 13.1 Å². The summed E-state index contributed by atoms with van der Waals surface area (Å²) >= 11 is 1.51. The fourth-order valence-electron chi connectivity index (χ4n) is 2.59. The van der Waals surface area contributed by atoms with Crippen LogP contribution in [0.2, 0.25) is 0 Å². The van der Waals surface area contributed by atoms with E-state index in [-0.39, 0.29) is 11.2 Å². The van der Waals surface area contributed by atoms with E-state index in [1.165, 1.54) is 11.3 Å². The highest BCUT2D eigenvalue weighted by molar-refractivity contribution is 7.17. The Hall–Kier alpha value is -1.62. The molecule has 20 heavy (non-hydrogen) atoms. The minimum atomic E-state index is 0.0263. The zero-order valence-corrected chi connectivity index (χ0v) is 12.8. The minimum absolute atomic E-state index is 0.0263. The molecule has 2 aromatic rings. The highest BCUT2D eigenvalue weighted by atomic mass is 32.1. The summed E-state index contributed by atoms with van der Waals surface area (Å²) in [6.07, 6.45) is 4.90. The third-order valence-corrected chi connectivity index (χ3v) is 4.80. The number of carbonyl (C=O) groups excluding carboxylic acids is 1. The molecule has 0 radical (unpaired) electrons. The van der Waals surface area contributed by atoms with Crippen molar-refractivity contribution in [2.75, 3.05) is 11.9 Å². The van der Waals surface area contributed by atoms with Crippen LogP contribution in [0.4, 0.5) is 5.13 Å². The lowest BCUT2D eigenvalue weighted by molar-refractivity contribution is 0.0916. The summed E-state index contributed by atoms with van der Waals surface area (Å²) in [5.74, 6) is 0.233. The number of ketones is 1. The van der Waals surface area contributed by atoms with Crippen molar-refractivity contribution in [2.45, 2.75) is 33.2 Å². The third-order valence-electron chi connectivity index (χ3n) is 3.55. The second-order valence-electron chi connectivity index (χ2n) is 6.20. The second-order valence-corrected chi connectivity index (χ2v) is 7.18. The maximum absolute atomic E-state index is 12.2. The number of anilines is 1. The van der Waals surface area contributed by atoms with Crippen molar-refractivity contribution in [1.82, 2.24) is 4.98 Å². The SMILES string of the molecule is CN(Cc1ccoc1)c1nc2c(s1)C(=O)CC(C)(C)C2. The van der Waals surface area contributed by atoms with Crippen LogP contribution in [-0.4, -0.2) is 17.8 Å². The highest BCUT2D eigenvalue weighted by Crippen LogP contribution is 2.39. The number of rotatable bonds is 3. The molecule has 1 aliphatic carbocycles. The average Bonchev–Trinajstić information content (AvgIpc) is 2.96. The first-order chi connectivity index (χ1) is 9.44. The maximum Gasteiger partial charge on any atom is 0.186 e. The monoisotopic (exact) mass is 290 g/mol. The predicted octanol–water partition coefficient (Wildman–Crippen LogP) is 3.53. The van der Waals surface area contributed by atoms with Gasteiger partial charge in [0.05, 0.1) is 23.1 Å². The fourth-order valence-corrected chi connectivity index (χ4v) is 3.58. The van der Waals surface area contributed by atoms with Crippen molar-refractivity contribution in [3.63, 3.8) is 0 Å². The van der Waals surface area contributed by atoms with Crippen LogP contribution in [0.5, 0.6) is 0 Å². The number of Topliss-reactive ketones (excluding diaryl/α,β-unsaturated/α-hetero) is 1. The molecular weight excluding hydrogens is 272 g/mol. The molecule has 4 nitrogen and oxygen atoms in total. The topological polar surface area (TPSA) is 46.3 Å². The third kappa shape index (κ3) is 2.50. The van der Waals surface area contributed by atoms with Crippen molar-refractivity contribution in [2.24, 2.45) is 5.41 Å². The lowest BCUT2D eigenvalue weighted by Crippen LogP contribution is -2.26. The van der Waals surface area contributed by atoms with Crippen LogP contribution in [0.3, 0.4) is 0 Å². The Labute approximate surface area is 122 Å². The first-order valence-electron chi connectivity index (χ1n) is 6.70. The van der Waals surface area contributed by atoms with Crippen LogP contribution in [0.15, 0.2) is 23.0 Å². The van der Waals surface area contributed by atoms with Gasteiger partial charge >= 0.3 is 0 Å². The Kier molecular flexibility index (Phi) is 3.17. The standard InChI is InChI=1S/C15H18N2O2S/c1-15(2)6-11-13(12(18)7-15)20-14(16-11)17(3)8-10-4-5-19-9-10/h4-5,9H,6-8H2,1-3H3. The lowest BCUT2D eigenvalue weighted by atomic mass is 9.78. The molecule has 0 saturated carbocycles. The Morgan fingerprint density at radius 3 is 2.95 bits per heavy atom. The van der Waals surface area contributed by atoms with E-state index in [9.17, 15) is 4.79 Å². The number of furan rings is 1. The van der Waals surface area contributed by atoms with Gasteiger partial charge in [0.25, 0.3) is 0 Å². The van der Waals surface area contributed by atoms with Crippen molar-refractivity contribution < 1.29 is 9.21 Å². The molecule has 1 aliphatic rings. The number of hydrogen-bond acceptors (Lipinski definition) is 5. The molecule has 0 N–H and O–H groups in total. The molecule has 0 aliphatic heterocycles. The van der Waals surface area contributed by atoms with Gasteiger partial charge in [0.1, 0.15) is 0 Å². The highest BCUT2D eigenvalue weighted by Gasteiger charge is 2.34. The second kappa shape index (κ2) is 4.74. The first-order valence-corrected chi connectivity index (χ1v) is 7.51. The van der Waals surface area contributed by atoms with E-state index in [2.05, 4.69) is 23.7 Å². The van der Waals surface area contributed by atoms with Gasteiger partial charge in [-0.25, -0.2) is 4.98 Å². The molecule has 3 rings (SSSR count). The molecular formula is C15H18N2O2S. The smallest absolute Gasteiger partial charge is 0.186 e. The van der Waals surface area contributed by atoms with Gasteiger partial charge in [-0.1, -0.05) is 25.2 Å². The number of carbonyl (C=O) groups is 1. The molecule has 0 aromatic carbocycles. The van der Waals surface area contributed by atoms with Gasteiger partial charge in [0.2, 0.25) is 0 Å². The number of nitrogens with zero attached hydrogens (tertiary/aromatic N) is 2. The molecule has 0 fully saturated rings. The Balaban J connectivity index is 1.84. The Morgan fingerprint density at radius 1 is 1.45 bits per heavy atom. The normalized spacial score (nSPS) is 17.1. The Morgan fingerprint density at radius 2 is 2.25 bits per heavy atom. The molecule has 0 atom stereocenters. The fraction of sp³-hybridized carbons (Fsp3) is 0.467. The van der Waals surface area contributed by atoms with Crippen molar-refractivity contribution >= 4 is 22.3 Å². The van der Waals surface area contributed by atoms with E-state index >= 15 is 0 Å². The van der Waals surface area contributed by atoms with Crippen LogP contribution in [0.1, 0.15) is 41.2 Å². The van der Waals surface area contributed by atoms with E-state index in [0.717, 1.165) is 34.2 Å². The summed E-state index contributed by atoms with van der Waals surface area (Å²) in [5, 5.41) is 0.905. The van der Waals surface area contributed by atoms with Gasteiger partial charge in [-0.15, -0.1) is 0 Å². The van der Waals surface area contributed by atoms with Crippen molar-refractivity contribution in [3.05, 3.63) is 34.7 Å². The van der Waals surface area contributed by atoms with Crippen molar-refractivity contribution in [1.29, 1.82) is 0 Å². The van der Waals surface area contributed by atoms with Gasteiger partial charge in [-0.2, -0.15) is 0 Å². The van der Waals surface area contributed by atoms with E-state index < -0.39 is 0 Å². The molecule has 0 saturated heterocycles. The largest absolute Gasteiger partial charge is 0.472 e. The van der Waals surface area contributed by atoms with Gasteiger partial charge in [-0.05, 0) is 17.9 Å². The quantitative estimate of drug-likeness (QED) is 0.867. The molecule has 0 spiro atoms. The minimum Gasteiger partial charge on any atom is -0.472 e. The van der Waals surface area contributed by atoms with Crippen LogP contribution < -0.4 is 4.90 Å². The molecule has 2 heterocycles. The number of thiazole rings is 1. The molecule has 106 valence electrons.